The van der Waals surface area contributed by atoms with E-state index in [0.717, 1.165) is 53.5 Å². The number of anilines is 1. The molecule has 2 aliphatic heterocycles. The minimum Gasteiger partial charge on any atom is -0.438 e. The Labute approximate surface area is 257 Å². The summed E-state index contributed by atoms with van der Waals surface area (Å²) in [7, 11) is -7.35. The van der Waals surface area contributed by atoms with Gasteiger partial charge >= 0.3 is 26.7 Å². The monoisotopic (exact) mass is 677 g/mol. The van der Waals surface area contributed by atoms with Crippen molar-refractivity contribution in [3.05, 3.63) is 24.3 Å². The average Bonchev–Trinajstić information content (AvgIpc) is 3.22. The first-order valence-corrected chi connectivity index (χ1v) is 25.7. The zero-order chi connectivity index (χ0) is 32.1. The van der Waals surface area contributed by atoms with Crippen LogP contribution in [0.1, 0.15) is 38.5 Å². The topological polar surface area (TPSA) is 91.4 Å². The van der Waals surface area contributed by atoms with E-state index in [1.165, 1.54) is 7.05 Å². The molecule has 0 radical (unpaired) electrons. The van der Waals surface area contributed by atoms with Gasteiger partial charge in [0.1, 0.15) is 6.42 Å². The Kier molecular flexibility index (Phi) is 12.2. The summed E-state index contributed by atoms with van der Waals surface area (Å²) in [5, 5.41) is 1.09. The van der Waals surface area contributed by atoms with Crippen LogP contribution in [0.25, 0.3) is 0 Å². The number of carbonyl (C=O) groups excluding carboxylic acids is 3. The largest absolute Gasteiger partial charge is 0.438 e. The molecule has 4 unspecified atom stereocenters. The fourth-order valence-corrected chi connectivity index (χ4v) is 22.9. The number of hydrogen-bond donors (Lipinski definition) is 0. The molecule has 15 heteroatoms. The molecule has 43 heavy (non-hydrogen) atoms. The predicted octanol–water partition coefficient (Wildman–Crippen LogP) is 5.73. The zero-order valence-electron chi connectivity index (χ0n) is 26.2. The molecule has 0 N–H and O–H groups in total. The van der Waals surface area contributed by atoms with Gasteiger partial charge in [0.05, 0.1) is 20.4 Å². The Morgan fingerprint density at radius 3 is 2.51 bits per heavy atom. The third-order valence-electron chi connectivity index (χ3n) is 8.54. The van der Waals surface area contributed by atoms with Gasteiger partial charge in [0.25, 0.3) is 9.28 Å². The first kappa shape index (κ1) is 35.8. The molecule has 3 rings (SSSR count). The summed E-state index contributed by atoms with van der Waals surface area (Å²) >= 11 is 0. The molecule has 1 amide bonds. The molecule has 0 bridgehead atoms. The molecular formula is C28H46F3NO7Si4. The highest BCUT2D eigenvalue weighted by Gasteiger charge is 2.41. The van der Waals surface area contributed by atoms with Crippen LogP contribution in [0.2, 0.25) is 56.9 Å². The van der Waals surface area contributed by atoms with E-state index in [-0.39, 0.29) is 12.3 Å². The Morgan fingerprint density at radius 1 is 1.14 bits per heavy atom. The van der Waals surface area contributed by atoms with Gasteiger partial charge in [-0.25, -0.2) is 0 Å². The van der Waals surface area contributed by atoms with Crippen LogP contribution in [0.5, 0.6) is 0 Å². The lowest BCUT2D eigenvalue weighted by Crippen LogP contribution is -2.51. The quantitative estimate of drug-likeness (QED) is 0.178. The minimum absolute atomic E-state index is 0.147. The van der Waals surface area contributed by atoms with Crippen LogP contribution in [-0.2, 0) is 31.8 Å². The highest BCUT2D eigenvalue weighted by Crippen LogP contribution is 2.32. The summed E-state index contributed by atoms with van der Waals surface area (Å²) in [6, 6.07) is 11.0. The van der Waals surface area contributed by atoms with E-state index in [9.17, 15) is 27.6 Å². The molecule has 2 saturated heterocycles. The number of ether oxygens (including phenoxy) is 1. The van der Waals surface area contributed by atoms with Crippen molar-refractivity contribution < 1.29 is 44.9 Å². The van der Waals surface area contributed by atoms with E-state index in [1.54, 1.807) is 6.07 Å². The molecule has 1 aromatic carbocycles. The highest BCUT2D eigenvalue weighted by atomic mass is 28.5. The first-order valence-electron chi connectivity index (χ1n) is 15.1. The lowest BCUT2D eigenvalue weighted by atomic mass is 10.0. The summed E-state index contributed by atoms with van der Waals surface area (Å²) in [5.41, 5.74) is 0.473. The van der Waals surface area contributed by atoms with Gasteiger partial charge in [-0.1, -0.05) is 49.3 Å². The molecule has 1 aromatic rings. The van der Waals surface area contributed by atoms with Crippen LogP contribution in [0.4, 0.5) is 18.9 Å². The number of alkyl halides is 3. The maximum absolute atomic E-state index is 12.8. The lowest BCUT2D eigenvalue weighted by molar-refractivity contribution is -0.154. The summed E-state index contributed by atoms with van der Waals surface area (Å²) in [4.78, 5) is 36.5. The predicted molar refractivity (Wildman–Crippen MR) is 169 cm³/mol. The van der Waals surface area contributed by atoms with E-state index in [1.807, 2.05) is 18.2 Å². The van der Waals surface area contributed by atoms with Crippen molar-refractivity contribution in [1.29, 1.82) is 0 Å². The fourth-order valence-electron chi connectivity index (χ4n) is 5.77. The maximum Gasteiger partial charge on any atom is 0.397 e. The van der Waals surface area contributed by atoms with Crippen molar-refractivity contribution >= 4 is 63.0 Å². The summed E-state index contributed by atoms with van der Waals surface area (Å²) in [6.07, 6.45) is -2.66. The highest BCUT2D eigenvalue weighted by molar-refractivity contribution is 6.91. The molecule has 2 heterocycles. The van der Waals surface area contributed by atoms with E-state index >= 15 is 0 Å². The molecule has 4 atom stereocenters. The number of amides is 1. The third kappa shape index (κ3) is 11.0. The molecule has 242 valence electrons. The average molecular weight is 678 g/mol. The molecule has 0 aliphatic carbocycles. The SMILES string of the molecule is CN(C(=O)CC(F)(F)F)c1cccc([Si](C)(C)CC[Si]2(C)CCCCO[Si](C)(CCCC3CC(=O)OC3=O)O[SiH](C)O2)c1. The van der Waals surface area contributed by atoms with E-state index in [0.29, 0.717) is 18.7 Å². The van der Waals surface area contributed by atoms with Crippen molar-refractivity contribution in [1.82, 2.24) is 0 Å². The standard InChI is InChI=1S/C28H46F3NO7Si4/c1-32(25(33)21-28(29,30)31)23-12-9-13-24(20-23)41(3,4)17-18-42(5)15-8-7-14-36-43(6,39-40(2)38-42)16-10-11-22-19-26(34)37-27(22)35/h9,12-13,20,22,40H,7-8,10-11,14-19,21H2,1-6H3. The van der Waals surface area contributed by atoms with Crippen LogP contribution in [0.15, 0.2) is 24.3 Å². The van der Waals surface area contributed by atoms with Crippen LogP contribution < -0.4 is 10.1 Å². The van der Waals surface area contributed by atoms with Crippen molar-refractivity contribution in [3.63, 3.8) is 0 Å². The van der Waals surface area contributed by atoms with Crippen molar-refractivity contribution in [3.8, 4) is 0 Å². The van der Waals surface area contributed by atoms with Crippen LogP contribution in [-0.4, -0.2) is 71.9 Å². The number of rotatable bonds is 10. The second-order valence-corrected chi connectivity index (χ2v) is 27.8. The fraction of sp³-hybridized carbons (Fsp3) is 0.679. The molecular weight excluding hydrogens is 632 g/mol. The zero-order valence-corrected chi connectivity index (χ0v) is 30.3. The maximum atomic E-state index is 12.8. The Morgan fingerprint density at radius 2 is 1.86 bits per heavy atom. The Balaban J connectivity index is 1.62. The number of nitrogens with zero attached hydrogens (tertiary/aromatic N) is 1. The van der Waals surface area contributed by atoms with Gasteiger partial charge in [-0.2, -0.15) is 13.2 Å². The van der Waals surface area contributed by atoms with Gasteiger partial charge < -0.3 is 22.3 Å². The minimum atomic E-state index is -4.55. The molecule has 8 nitrogen and oxygen atoms in total. The second-order valence-electron chi connectivity index (χ2n) is 13.0. The van der Waals surface area contributed by atoms with Gasteiger partial charge in [-0.15, -0.1) is 0 Å². The number of benzene rings is 1. The van der Waals surface area contributed by atoms with Gasteiger partial charge in [-0.05, 0) is 62.7 Å². The Bertz CT molecular complexity index is 1160. The van der Waals surface area contributed by atoms with Gasteiger partial charge in [0.2, 0.25) is 5.91 Å². The summed E-state index contributed by atoms with van der Waals surface area (Å²) in [6.45, 7) is 11.6. The van der Waals surface area contributed by atoms with Crippen molar-refractivity contribution in [2.45, 2.75) is 102 Å². The van der Waals surface area contributed by atoms with E-state index in [2.05, 4.69) is 37.5 Å². The van der Waals surface area contributed by atoms with Gasteiger partial charge in [0.15, 0.2) is 8.32 Å². The van der Waals surface area contributed by atoms with Crippen molar-refractivity contribution in [2.75, 3.05) is 18.6 Å². The second kappa shape index (κ2) is 14.6. The number of carbonyl (C=O) groups is 3. The molecule has 0 spiro atoms. The van der Waals surface area contributed by atoms with Crippen molar-refractivity contribution in [2.24, 2.45) is 5.92 Å². The number of hydrogen-bond acceptors (Lipinski definition) is 7. The van der Waals surface area contributed by atoms with Gasteiger partial charge in [0, 0.05) is 19.3 Å². The normalized spacial score (nSPS) is 27.6. The number of cyclic esters (lactones) is 2. The molecule has 2 fully saturated rings. The smallest absolute Gasteiger partial charge is 0.397 e. The number of esters is 2. The lowest BCUT2D eigenvalue weighted by Gasteiger charge is -2.38. The van der Waals surface area contributed by atoms with Crippen LogP contribution in [0.3, 0.4) is 0 Å². The number of halogens is 3. The summed E-state index contributed by atoms with van der Waals surface area (Å²) in [5.74, 6) is -2.24. The first-order chi connectivity index (χ1) is 19.9. The van der Waals surface area contributed by atoms with Gasteiger partial charge in [-0.3, -0.25) is 14.4 Å². The Hall–Kier alpha value is -1.63. The molecule has 0 aromatic heterocycles. The van der Waals surface area contributed by atoms with E-state index < -0.39 is 64.7 Å². The summed E-state index contributed by atoms with van der Waals surface area (Å²) < 4.78 is 62.8. The van der Waals surface area contributed by atoms with Crippen LogP contribution in [0, 0.1) is 5.92 Å². The van der Waals surface area contributed by atoms with E-state index in [4.69, 9.17) is 12.7 Å². The van der Waals surface area contributed by atoms with Crippen LogP contribution >= 0.6 is 0 Å². The molecule has 2 aliphatic rings. The third-order valence-corrected chi connectivity index (χ3v) is 24.1. The molecule has 0 saturated carbocycles.